The molecule has 2 aromatic heterocycles. The Balaban J connectivity index is 0.000000290. The molecule has 4 heterocycles. The number of hydrogen-bond acceptors (Lipinski definition) is 10. The summed E-state index contributed by atoms with van der Waals surface area (Å²) in [6.45, 7) is 7.73. The molecule has 3 aliphatic rings. The van der Waals surface area contributed by atoms with Gasteiger partial charge in [0.25, 0.3) is 5.56 Å². The SMILES string of the molecule is CC.CC(N)CO.Cc1c(F)cc2nc3c(c4c2c1CCC4)Cn1c-3cc2c(c1=O)COC(=O)C2O.NC(=O)COCNC=O. The average Bonchev–Trinajstić information content (AvgIpc) is 3.40. The van der Waals surface area contributed by atoms with Crippen LogP contribution in [0.15, 0.2) is 16.9 Å². The highest BCUT2D eigenvalue weighted by molar-refractivity contribution is 5.92. The third kappa shape index (κ3) is 7.53. The summed E-state index contributed by atoms with van der Waals surface area (Å²) in [6.07, 6.45) is 1.59. The van der Waals surface area contributed by atoms with Crippen molar-refractivity contribution in [1.29, 1.82) is 0 Å². The van der Waals surface area contributed by atoms with Crippen LogP contribution in [0.2, 0.25) is 0 Å². The maximum atomic E-state index is 14.5. The Hall–Kier alpha value is -4.24. The third-order valence-corrected chi connectivity index (χ3v) is 7.34. The summed E-state index contributed by atoms with van der Waals surface area (Å²) in [5.74, 6) is -1.58. The molecule has 0 radical (unpaired) electrons. The van der Waals surface area contributed by atoms with Crippen LogP contribution in [0, 0.1) is 12.7 Å². The zero-order chi connectivity index (χ0) is 33.4. The molecule has 0 saturated carbocycles. The maximum absolute atomic E-state index is 14.5. The largest absolute Gasteiger partial charge is 0.458 e. The molecule has 0 bridgehead atoms. The van der Waals surface area contributed by atoms with Crippen molar-refractivity contribution in [3.05, 3.63) is 61.7 Å². The van der Waals surface area contributed by atoms with Crippen LogP contribution in [-0.4, -0.2) is 64.0 Å². The van der Waals surface area contributed by atoms with Gasteiger partial charge < -0.3 is 41.0 Å². The highest BCUT2D eigenvalue weighted by Crippen LogP contribution is 2.41. The lowest BCUT2D eigenvalue weighted by Crippen LogP contribution is -2.32. The van der Waals surface area contributed by atoms with E-state index in [0.717, 1.165) is 41.3 Å². The number of nitrogens with two attached hydrogens (primary N) is 2. The number of ether oxygens (including phenoxy) is 2. The number of rotatable bonds is 6. The number of aryl methyl sites for hydroxylation is 2. The Morgan fingerprint density at radius 2 is 1.91 bits per heavy atom. The van der Waals surface area contributed by atoms with Gasteiger partial charge in [0.1, 0.15) is 25.8 Å². The molecule has 3 aromatic rings. The van der Waals surface area contributed by atoms with Gasteiger partial charge in [0.15, 0.2) is 6.10 Å². The van der Waals surface area contributed by atoms with Crippen molar-refractivity contribution in [2.75, 3.05) is 19.9 Å². The number of carbonyl (C=O) groups is 3. The summed E-state index contributed by atoms with van der Waals surface area (Å²) in [6, 6.07) is 3.07. The Morgan fingerprint density at radius 3 is 2.53 bits per heavy atom. The predicted molar refractivity (Wildman–Crippen MR) is 163 cm³/mol. The normalized spacial score (nSPS) is 15.7. The van der Waals surface area contributed by atoms with Crippen molar-refractivity contribution in [1.82, 2.24) is 14.9 Å². The molecule has 244 valence electrons. The fourth-order valence-corrected chi connectivity index (χ4v) is 5.31. The molecule has 0 saturated heterocycles. The van der Waals surface area contributed by atoms with E-state index < -0.39 is 18.0 Å². The number of carbonyl (C=O) groups excluding carboxylic acids is 3. The quantitative estimate of drug-likeness (QED) is 0.0884. The van der Waals surface area contributed by atoms with E-state index in [4.69, 9.17) is 26.3 Å². The van der Waals surface area contributed by atoms with Gasteiger partial charge in [0.05, 0.1) is 35.6 Å². The molecule has 7 N–H and O–H groups in total. The number of pyridine rings is 2. The number of cyclic esters (lactones) is 1. The lowest BCUT2D eigenvalue weighted by molar-refractivity contribution is -0.157. The minimum Gasteiger partial charge on any atom is -0.458 e. The predicted octanol–water partition coefficient (Wildman–Crippen LogP) is 0.996. The van der Waals surface area contributed by atoms with Crippen molar-refractivity contribution >= 4 is 29.2 Å². The van der Waals surface area contributed by atoms with Gasteiger partial charge in [0.2, 0.25) is 12.3 Å². The van der Waals surface area contributed by atoms with Crippen molar-refractivity contribution in [3.8, 4) is 11.4 Å². The van der Waals surface area contributed by atoms with E-state index in [0.29, 0.717) is 41.0 Å². The van der Waals surface area contributed by atoms with Gasteiger partial charge in [-0.2, -0.15) is 0 Å². The number of aromatic nitrogens is 2. The van der Waals surface area contributed by atoms with E-state index in [1.807, 2.05) is 13.8 Å². The molecular formula is C31H40FN5O8. The topological polar surface area (TPSA) is 209 Å². The van der Waals surface area contributed by atoms with Crippen LogP contribution >= 0.6 is 0 Å². The molecule has 13 nitrogen and oxygen atoms in total. The van der Waals surface area contributed by atoms with Crippen molar-refractivity contribution in [3.63, 3.8) is 0 Å². The first-order valence-corrected chi connectivity index (χ1v) is 14.6. The molecule has 2 unspecified atom stereocenters. The zero-order valence-corrected chi connectivity index (χ0v) is 25.8. The Labute approximate surface area is 259 Å². The molecule has 1 aliphatic carbocycles. The lowest BCUT2D eigenvalue weighted by atomic mass is 9.85. The van der Waals surface area contributed by atoms with Crippen LogP contribution in [0.25, 0.3) is 22.3 Å². The highest BCUT2D eigenvalue weighted by Gasteiger charge is 2.35. The van der Waals surface area contributed by atoms with Crippen LogP contribution in [0.3, 0.4) is 0 Å². The summed E-state index contributed by atoms with van der Waals surface area (Å²) in [5, 5.41) is 21.4. The molecule has 2 atom stereocenters. The van der Waals surface area contributed by atoms with Gasteiger partial charge in [0, 0.05) is 28.6 Å². The van der Waals surface area contributed by atoms with Crippen LogP contribution in [0.5, 0.6) is 0 Å². The smallest absolute Gasteiger partial charge is 0.340 e. The molecule has 0 fully saturated rings. The van der Waals surface area contributed by atoms with E-state index in [-0.39, 0.29) is 49.5 Å². The Bertz CT molecular complexity index is 1640. The van der Waals surface area contributed by atoms with Gasteiger partial charge in [-0.25, -0.2) is 14.2 Å². The number of aliphatic hydroxyl groups is 2. The monoisotopic (exact) mass is 629 g/mol. The van der Waals surface area contributed by atoms with Crippen molar-refractivity contribution in [2.24, 2.45) is 11.5 Å². The van der Waals surface area contributed by atoms with Gasteiger partial charge >= 0.3 is 5.97 Å². The fourth-order valence-electron chi connectivity index (χ4n) is 5.31. The summed E-state index contributed by atoms with van der Waals surface area (Å²) in [7, 11) is 0. The highest BCUT2D eigenvalue weighted by atomic mass is 19.1. The summed E-state index contributed by atoms with van der Waals surface area (Å²) < 4.78 is 25.6. The van der Waals surface area contributed by atoms with E-state index >= 15 is 0 Å². The van der Waals surface area contributed by atoms with Gasteiger partial charge in [-0.1, -0.05) is 13.8 Å². The van der Waals surface area contributed by atoms with Gasteiger partial charge in [-0.3, -0.25) is 14.4 Å². The second kappa shape index (κ2) is 15.7. The molecular weight excluding hydrogens is 589 g/mol. The van der Waals surface area contributed by atoms with E-state index in [1.165, 1.54) is 6.07 Å². The zero-order valence-electron chi connectivity index (χ0n) is 25.8. The van der Waals surface area contributed by atoms with E-state index in [2.05, 4.69) is 10.1 Å². The molecule has 1 aromatic carbocycles. The number of fused-ring (bicyclic) bond motifs is 5. The number of nitrogens with zero attached hydrogens (tertiary/aromatic N) is 2. The fraction of sp³-hybridized carbons (Fsp3) is 0.452. The number of primary amides is 1. The molecule has 14 heteroatoms. The first kappa shape index (κ1) is 35.2. The first-order valence-electron chi connectivity index (χ1n) is 14.6. The number of aliphatic hydroxyl groups excluding tert-OH is 2. The van der Waals surface area contributed by atoms with Gasteiger partial charge in [-0.15, -0.1) is 0 Å². The molecule has 2 amide bonds. The number of benzene rings is 1. The first-order chi connectivity index (χ1) is 21.5. The maximum Gasteiger partial charge on any atom is 0.340 e. The van der Waals surface area contributed by atoms with Crippen molar-refractivity contribution < 1.29 is 38.5 Å². The number of esters is 1. The number of hydrogen-bond donors (Lipinski definition) is 5. The summed E-state index contributed by atoms with van der Waals surface area (Å²) >= 11 is 0. The van der Waals surface area contributed by atoms with Gasteiger partial charge in [-0.05, 0) is 55.9 Å². The van der Waals surface area contributed by atoms with E-state index in [1.54, 1.807) is 24.5 Å². The average molecular weight is 630 g/mol. The Morgan fingerprint density at radius 1 is 1.24 bits per heavy atom. The standard InChI is InChI=1S/C22H17FN2O4.C4H8N2O3.C3H9NO.C2H6/c1-9-10-3-2-4-11-13-7-25-17(19(13)24-16(18(10)11)6-15(9)23)5-12-14(21(25)27)8-29-22(28)20(12)26;5-4(8)1-9-3-6-2-7;1-3(4)2-5;1-2/h5-6,20,26H,2-4,7-8H2,1H3;2H,1,3H2,(H2,5,8)(H,6,7);3,5H,2,4H2,1H3;1-2H3. The van der Waals surface area contributed by atoms with Crippen LogP contribution in [0.4, 0.5) is 4.39 Å². The van der Waals surface area contributed by atoms with E-state index in [9.17, 15) is 28.7 Å². The minimum absolute atomic E-state index is 0.0203. The number of amides is 2. The van der Waals surface area contributed by atoms with Crippen LogP contribution in [0.1, 0.15) is 66.7 Å². The van der Waals surface area contributed by atoms with Crippen molar-refractivity contribution in [2.45, 2.75) is 72.3 Å². The Kier molecular flexibility index (Phi) is 12.3. The number of halogens is 1. The third-order valence-electron chi connectivity index (χ3n) is 7.34. The number of nitrogens with one attached hydrogen (secondary N) is 1. The second-order valence-corrected chi connectivity index (χ2v) is 10.4. The molecule has 45 heavy (non-hydrogen) atoms. The second-order valence-electron chi connectivity index (χ2n) is 10.4. The molecule has 0 spiro atoms. The van der Waals surface area contributed by atoms with Crippen LogP contribution in [-0.2, 0) is 49.9 Å². The molecule has 6 rings (SSSR count). The molecule has 2 aliphatic heterocycles. The summed E-state index contributed by atoms with van der Waals surface area (Å²) in [5.41, 5.74) is 15.6. The summed E-state index contributed by atoms with van der Waals surface area (Å²) in [4.78, 5) is 49.1. The minimum atomic E-state index is -1.48. The van der Waals surface area contributed by atoms with Crippen LogP contribution < -0.4 is 22.3 Å². The lowest BCUT2D eigenvalue weighted by Gasteiger charge is -2.22.